The monoisotopic (exact) mass is 339 g/mol. The van der Waals surface area contributed by atoms with Gasteiger partial charge < -0.3 is 10.1 Å². The highest BCUT2D eigenvalue weighted by atomic mass is 79.9. The maximum absolute atomic E-state index is 12.1. The molecule has 1 aromatic carbocycles. The Morgan fingerprint density at radius 2 is 2.10 bits per heavy atom. The summed E-state index contributed by atoms with van der Waals surface area (Å²) >= 11 is 3.52. The molecule has 1 fully saturated rings. The van der Waals surface area contributed by atoms with Crippen LogP contribution >= 0.6 is 15.9 Å². The van der Waals surface area contributed by atoms with Crippen molar-refractivity contribution in [2.24, 2.45) is 5.92 Å². The summed E-state index contributed by atoms with van der Waals surface area (Å²) in [5, 5.41) is 3.03. The summed E-state index contributed by atoms with van der Waals surface area (Å²) in [4.78, 5) is 12.1. The van der Waals surface area contributed by atoms with Crippen molar-refractivity contribution in [2.45, 2.75) is 46.1 Å². The Balaban J connectivity index is 1.87. The van der Waals surface area contributed by atoms with Crippen molar-refractivity contribution in [1.82, 2.24) is 0 Å². The molecule has 1 amide bonds. The molecule has 20 heavy (non-hydrogen) atoms. The number of anilines is 1. The van der Waals surface area contributed by atoms with Gasteiger partial charge in [-0.15, -0.1) is 0 Å². The van der Waals surface area contributed by atoms with Crippen LogP contribution < -0.4 is 5.32 Å². The van der Waals surface area contributed by atoms with Gasteiger partial charge in [0.05, 0.1) is 11.8 Å². The molecule has 1 aliphatic carbocycles. The molecule has 3 nitrogen and oxygen atoms in total. The quantitative estimate of drug-likeness (QED) is 0.872. The molecule has 0 saturated heterocycles. The van der Waals surface area contributed by atoms with E-state index in [1.54, 1.807) is 0 Å². The maximum atomic E-state index is 12.1. The molecule has 1 aromatic rings. The van der Waals surface area contributed by atoms with Gasteiger partial charge in [0.1, 0.15) is 0 Å². The number of carbonyl (C=O) groups is 1. The second-order valence-corrected chi connectivity index (χ2v) is 6.46. The Kier molecular flexibility index (Phi) is 5.22. The van der Waals surface area contributed by atoms with Crippen LogP contribution in [0.3, 0.4) is 0 Å². The van der Waals surface area contributed by atoms with E-state index >= 15 is 0 Å². The van der Waals surface area contributed by atoms with Crippen LogP contribution in [-0.2, 0) is 9.53 Å². The predicted octanol–water partition coefficient (Wildman–Crippen LogP) is 4.21. The van der Waals surface area contributed by atoms with Crippen LogP contribution in [0.5, 0.6) is 0 Å². The van der Waals surface area contributed by atoms with E-state index in [1.807, 2.05) is 26.8 Å². The van der Waals surface area contributed by atoms with Gasteiger partial charge in [0.15, 0.2) is 0 Å². The number of ether oxygens (including phenoxy) is 1. The largest absolute Gasteiger partial charge is 0.378 e. The number of halogens is 1. The van der Waals surface area contributed by atoms with Crippen LogP contribution in [0.25, 0.3) is 0 Å². The molecule has 0 spiro atoms. The van der Waals surface area contributed by atoms with E-state index in [9.17, 15) is 4.79 Å². The van der Waals surface area contributed by atoms with Gasteiger partial charge in [-0.2, -0.15) is 0 Å². The minimum atomic E-state index is 0.0950. The minimum Gasteiger partial charge on any atom is -0.378 e. The Morgan fingerprint density at radius 1 is 1.40 bits per heavy atom. The van der Waals surface area contributed by atoms with E-state index in [4.69, 9.17) is 4.74 Å². The average Bonchev–Trinajstić information content (AvgIpc) is 2.31. The fourth-order valence-electron chi connectivity index (χ4n) is 2.74. The molecular formula is C16H22BrNO2. The lowest BCUT2D eigenvalue weighted by Crippen LogP contribution is -2.34. The van der Waals surface area contributed by atoms with Crippen molar-refractivity contribution in [2.75, 3.05) is 11.9 Å². The zero-order valence-electron chi connectivity index (χ0n) is 12.3. The van der Waals surface area contributed by atoms with Crippen LogP contribution in [0.4, 0.5) is 5.69 Å². The highest BCUT2D eigenvalue weighted by Gasteiger charge is 2.31. The summed E-state index contributed by atoms with van der Waals surface area (Å²) < 4.78 is 6.47. The third-order valence-electron chi connectivity index (χ3n) is 3.77. The van der Waals surface area contributed by atoms with Crippen molar-refractivity contribution in [3.8, 4) is 0 Å². The molecular weight excluding hydrogens is 318 g/mol. The second kappa shape index (κ2) is 6.72. The number of rotatable bonds is 5. The first-order valence-electron chi connectivity index (χ1n) is 7.17. The first kappa shape index (κ1) is 15.5. The Labute approximate surface area is 129 Å². The Morgan fingerprint density at radius 3 is 2.70 bits per heavy atom. The summed E-state index contributed by atoms with van der Waals surface area (Å²) in [6.07, 6.45) is 2.97. The van der Waals surface area contributed by atoms with Crippen molar-refractivity contribution >= 4 is 27.5 Å². The molecule has 110 valence electrons. The van der Waals surface area contributed by atoms with Gasteiger partial charge in [-0.25, -0.2) is 0 Å². The highest BCUT2D eigenvalue weighted by Crippen LogP contribution is 2.34. The van der Waals surface area contributed by atoms with Gasteiger partial charge in [-0.1, -0.05) is 6.07 Å². The smallest absolute Gasteiger partial charge is 0.224 e. The molecule has 1 N–H and O–H groups in total. The summed E-state index contributed by atoms with van der Waals surface area (Å²) in [5.74, 6) is 0.564. The summed E-state index contributed by atoms with van der Waals surface area (Å²) in [6, 6.07) is 4.10. The zero-order chi connectivity index (χ0) is 14.7. The number of nitrogens with one attached hydrogen (secondary N) is 1. The number of amides is 1. The number of hydrogen-bond donors (Lipinski definition) is 1. The predicted molar refractivity (Wildman–Crippen MR) is 85.0 cm³/mol. The number of carbonyl (C=O) groups excluding carboxylic acids is 1. The lowest BCUT2D eigenvalue weighted by Gasteiger charge is -2.34. The molecule has 1 saturated carbocycles. The molecule has 0 unspecified atom stereocenters. The first-order chi connectivity index (χ1) is 9.49. The van der Waals surface area contributed by atoms with Gasteiger partial charge in [0, 0.05) is 17.5 Å². The normalized spacial score (nSPS) is 21.4. The summed E-state index contributed by atoms with van der Waals surface area (Å²) in [7, 11) is 0. The van der Waals surface area contributed by atoms with Gasteiger partial charge in [-0.3, -0.25) is 4.79 Å². The number of aryl methyl sites for hydroxylation is 2. The van der Waals surface area contributed by atoms with Gasteiger partial charge >= 0.3 is 0 Å². The van der Waals surface area contributed by atoms with Crippen molar-refractivity contribution < 1.29 is 9.53 Å². The van der Waals surface area contributed by atoms with Crippen molar-refractivity contribution in [1.29, 1.82) is 0 Å². The van der Waals surface area contributed by atoms with Crippen molar-refractivity contribution in [3.05, 3.63) is 27.7 Å². The van der Waals surface area contributed by atoms with Gasteiger partial charge in [0.2, 0.25) is 5.91 Å². The number of benzene rings is 1. The highest BCUT2D eigenvalue weighted by molar-refractivity contribution is 9.10. The lowest BCUT2D eigenvalue weighted by atomic mass is 9.80. The fourth-order valence-corrected chi connectivity index (χ4v) is 3.51. The molecule has 0 aromatic heterocycles. The van der Waals surface area contributed by atoms with E-state index in [0.717, 1.165) is 35.2 Å². The van der Waals surface area contributed by atoms with Crippen molar-refractivity contribution in [3.63, 3.8) is 0 Å². The lowest BCUT2D eigenvalue weighted by molar-refractivity contribution is -0.119. The van der Waals surface area contributed by atoms with Crippen LogP contribution in [0.1, 0.15) is 37.3 Å². The third-order valence-corrected chi connectivity index (χ3v) is 4.39. The first-order valence-corrected chi connectivity index (χ1v) is 7.97. The average molecular weight is 340 g/mol. The maximum Gasteiger partial charge on any atom is 0.224 e. The molecule has 0 heterocycles. The van der Waals surface area contributed by atoms with Crippen LogP contribution in [0.15, 0.2) is 16.6 Å². The SMILES string of the molecule is CCOC1CC(CC(=O)Nc2c(C)cc(C)cc2Br)C1. The van der Waals surface area contributed by atoms with E-state index in [2.05, 4.69) is 27.3 Å². The van der Waals surface area contributed by atoms with E-state index < -0.39 is 0 Å². The molecule has 1 aliphatic rings. The third kappa shape index (κ3) is 3.83. The van der Waals surface area contributed by atoms with Crippen LogP contribution in [-0.4, -0.2) is 18.6 Å². The van der Waals surface area contributed by atoms with Crippen LogP contribution in [0.2, 0.25) is 0 Å². The summed E-state index contributed by atoms with van der Waals surface area (Å²) in [6.45, 7) is 6.84. The zero-order valence-corrected chi connectivity index (χ0v) is 13.9. The molecule has 0 radical (unpaired) electrons. The number of hydrogen-bond acceptors (Lipinski definition) is 2. The second-order valence-electron chi connectivity index (χ2n) is 5.61. The molecule has 4 heteroatoms. The fraction of sp³-hybridized carbons (Fsp3) is 0.562. The molecule has 0 aliphatic heterocycles. The minimum absolute atomic E-state index is 0.0950. The Bertz CT molecular complexity index is 472. The van der Waals surface area contributed by atoms with Gasteiger partial charge in [0.25, 0.3) is 0 Å². The molecule has 0 atom stereocenters. The standard InChI is InChI=1S/C16H22BrNO2/c1-4-20-13-7-12(8-13)9-15(19)18-16-11(3)5-10(2)6-14(16)17/h5-6,12-13H,4,7-9H2,1-3H3,(H,18,19). The van der Waals surface area contributed by atoms with E-state index in [-0.39, 0.29) is 5.91 Å². The molecule has 2 rings (SSSR count). The summed E-state index contributed by atoms with van der Waals surface area (Å²) in [5.41, 5.74) is 3.17. The van der Waals surface area contributed by atoms with Crippen LogP contribution in [0, 0.1) is 19.8 Å². The Hall–Kier alpha value is -0.870. The molecule has 0 bridgehead atoms. The van der Waals surface area contributed by atoms with E-state index in [1.165, 1.54) is 5.56 Å². The van der Waals surface area contributed by atoms with Gasteiger partial charge in [-0.05, 0) is 72.7 Å². The van der Waals surface area contributed by atoms with E-state index in [0.29, 0.717) is 18.4 Å². The topological polar surface area (TPSA) is 38.3 Å².